The van der Waals surface area contributed by atoms with E-state index in [-0.39, 0.29) is 5.60 Å². The van der Waals surface area contributed by atoms with E-state index >= 15 is 0 Å². The van der Waals surface area contributed by atoms with Gasteiger partial charge in [-0.3, -0.25) is 0 Å². The number of hydrogen-bond donors (Lipinski definition) is 1. The minimum atomic E-state index is -0.0783. The Morgan fingerprint density at radius 2 is 2.00 bits per heavy atom. The average molecular weight is 242 g/mol. The smallest absolute Gasteiger partial charge is 0.0646 e. The molecule has 1 N–H and O–H groups in total. The highest BCUT2D eigenvalue weighted by atomic mass is 35.5. The summed E-state index contributed by atoms with van der Waals surface area (Å²) >= 11 is 5.93. The molecule has 0 saturated carbocycles. The molecule has 0 fully saturated rings. The van der Waals surface area contributed by atoms with E-state index in [1.165, 1.54) is 5.56 Å². The minimum absolute atomic E-state index is 0.0783. The van der Waals surface area contributed by atoms with Gasteiger partial charge in [-0.2, -0.15) is 0 Å². The molecule has 0 spiro atoms. The van der Waals surface area contributed by atoms with Crippen LogP contribution in [0.1, 0.15) is 26.3 Å². The molecule has 0 unspecified atom stereocenters. The molecule has 2 nitrogen and oxygen atoms in total. The first-order chi connectivity index (χ1) is 7.38. The maximum Gasteiger partial charge on any atom is 0.0646 e. The van der Waals surface area contributed by atoms with Crippen LogP contribution in [0.4, 0.5) is 5.69 Å². The van der Waals surface area contributed by atoms with Crippen molar-refractivity contribution in [3.63, 3.8) is 0 Å². The zero-order chi connectivity index (χ0) is 12.2. The Bertz CT molecular complexity index is 344. The molecule has 1 rings (SSSR count). The maximum absolute atomic E-state index is 5.93. The molecule has 0 aliphatic heterocycles. The van der Waals surface area contributed by atoms with E-state index < -0.39 is 0 Å². The first kappa shape index (κ1) is 13.3. The van der Waals surface area contributed by atoms with E-state index in [0.29, 0.717) is 6.61 Å². The van der Waals surface area contributed by atoms with Gasteiger partial charge >= 0.3 is 0 Å². The van der Waals surface area contributed by atoms with E-state index in [9.17, 15) is 0 Å². The zero-order valence-corrected chi connectivity index (χ0v) is 11.2. The summed E-state index contributed by atoms with van der Waals surface area (Å²) in [5.41, 5.74) is 2.19. The van der Waals surface area contributed by atoms with Crippen molar-refractivity contribution < 1.29 is 4.74 Å². The Labute approximate surface area is 103 Å². The van der Waals surface area contributed by atoms with Gasteiger partial charge in [0.1, 0.15) is 0 Å². The normalized spacial score (nSPS) is 11.6. The highest BCUT2D eigenvalue weighted by molar-refractivity contribution is 6.30. The number of halogens is 1. The van der Waals surface area contributed by atoms with Crippen molar-refractivity contribution in [2.75, 3.05) is 18.5 Å². The number of ether oxygens (including phenoxy) is 1. The molecule has 1 aromatic carbocycles. The Kier molecular flexibility index (Phi) is 4.63. The van der Waals surface area contributed by atoms with Crippen molar-refractivity contribution in [1.29, 1.82) is 0 Å². The second-order valence-electron chi connectivity index (χ2n) is 4.85. The summed E-state index contributed by atoms with van der Waals surface area (Å²) in [6.45, 7) is 9.70. The number of rotatable bonds is 4. The summed E-state index contributed by atoms with van der Waals surface area (Å²) < 4.78 is 5.63. The largest absolute Gasteiger partial charge is 0.382 e. The fraction of sp³-hybridized carbons (Fsp3) is 0.538. The molecule has 0 aliphatic carbocycles. The molecule has 0 radical (unpaired) electrons. The van der Waals surface area contributed by atoms with Gasteiger partial charge in [0.2, 0.25) is 0 Å². The van der Waals surface area contributed by atoms with Gasteiger partial charge in [-0.05, 0) is 45.4 Å². The predicted octanol–water partition coefficient (Wildman–Crippen LogP) is 3.88. The summed E-state index contributed by atoms with van der Waals surface area (Å²) in [5, 5.41) is 4.07. The lowest BCUT2D eigenvalue weighted by Gasteiger charge is -2.20. The second kappa shape index (κ2) is 5.55. The van der Waals surface area contributed by atoms with Crippen LogP contribution in [0.5, 0.6) is 0 Å². The van der Waals surface area contributed by atoms with Crippen molar-refractivity contribution in [3.8, 4) is 0 Å². The standard InChI is InChI=1S/C13H20ClNO/c1-10-5-6-11(14)9-12(10)15-7-8-16-13(2,3)4/h5-6,9,15H,7-8H2,1-4H3. The van der Waals surface area contributed by atoms with Crippen molar-refractivity contribution in [2.24, 2.45) is 0 Å². The molecule has 3 heteroatoms. The molecule has 0 heterocycles. The molecule has 0 aromatic heterocycles. The number of anilines is 1. The molecular weight excluding hydrogens is 222 g/mol. The lowest BCUT2D eigenvalue weighted by atomic mass is 10.2. The van der Waals surface area contributed by atoms with E-state index in [0.717, 1.165) is 17.3 Å². The van der Waals surface area contributed by atoms with Crippen molar-refractivity contribution in [1.82, 2.24) is 0 Å². The SMILES string of the molecule is Cc1ccc(Cl)cc1NCCOC(C)(C)C. The summed E-state index contributed by atoms with van der Waals surface area (Å²) in [5.74, 6) is 0. The monoisotopic (exact) mass is 241 g/mol. The first-order valence-corrected chi connectivity index (χ1v) is 5.90. The third-order valence-corrected chi connectivity index (χ3v) is 2.39. The molecular formula is C13H20ClNO. The number of nitrogens with one attached hydrogen (secondary N) is 1. The predicted molar refractivity (Wildman–Crippen MR) is 70.4 cm³/mol. The Morgan fingerprint density at radius 3 is 2.62 bits per heavy atom. The van der Waals surface area contributed by atoms with Crippen molar-refractivity contribution >= 4 is 17.3 Å². The van der Waals surface area contributed by atoms with Crippen LogP contribution >= 0.6 is 11.6 Å². The van der Waals surface area contributed by atoms with Gasteiger partial charge in [-0.1, -0.05) is 17.7 Å². The van der Waals surface area contributed by atoms with Gasteiger partial charge in [0.05, 0.1) is 12.2 Å². The lowest BCUT2D eigenvalue weighted by Crippen LogP contribution is -2.23. The molecule has 0 saturated heterocycles. The molecule has 0 amide bonds. The minimum Gasteiger partial charge on any atom is -0.382 e. The van der Waals surface area contributed by atoms with Gasteiger partial charge in [0.15, 0.2) is 0 Å². The van der Waals surface area contributed by atoms with Crippen LogP contribution in [0.2, 0.25) is 5.02 Å². The van der Waals surface area contributed by atoms with Gasteiger partial charge in [0.25, 0.3) is 0 Å². The molecule has 16 heavy (non-hydrogen) atoms. The number of benzene rings is 1. The van der Waals surface area contributed by atoms with Crippen LogP contribution in [0, 0.1) is 6.92 Å². The topological polar surface area (TPSA) is 21.3 Å². The van der Waals surface area contributed by atoms with Gasteiger partial charge in [0, 0.05) is 17.3 Å². The van der Waals surface area contributed by atoms with Crippen LogP contribution in [-0.4, -0.2) is 18.8 Å². The van der Waals surface area contributed by atoms with Crippen molar-refractivity contribution in [2.45, 2.75) is 33.3 Å². The summed E-state index contributed by atoms with van der Waals surface area (Å²) in [6, 6.07) is 5.84. The molecule has 1 aromatic rings. The van der Waals surface area contributed by atoms with Crippen LogP contribution in [0.25, 0.3) is 0 Å². The quantitative estimate of drug-likeness (QED) is 0.808. The zero-order valence-electron chi connectivity index (χ0n) is 10.4. The fourth-order valence-electron chi connectivity index (χ4n) is 1.33. The lowest BCUT2D eigenvalue weighted by molar-refractivity contribution is 0.00333. The average Bonchev–Trinajstić information content (AvgIpc) is 2.16. The van der Waals surface area contributed by atoms with E-state index in [4.69, 9.17) is 16.3 Å². The Hall–Kier alpha value is -0.730. The molecule has 0 atom stereocenters. The van der Waals surface area contributed by atoms with Gasteiger partial charge in [-0.25, -0.2) is 0 Å². The Balaban J connectivity index is 2.40. The number of aryl methyl sites for hydroxylation is 1. The summed E-state index contributed by atoms with van der Waals surface area (Å²) in [7, 11) is 0. The van der Waals surface area contributed by atoms with Crippen LogP contribution < -0.4 is 5.32 Å². The molecule has 0 bridgehead atoms. The van der Waals surface area contributed by atoms with Crippen LogP contribution in [0.15, 0.2) is 18.2 Å². The fourth-order valence-corrected chi connectivity index (χ4v) is 1.50. The van der Waals surface area contributed by atoms with Crippen molar-refractivity contribution in [3.05, 3.63) is 28.8 Å². The van der Waals surface area contributed by atoms with Gasteiger partial charge < -0.3 is 10.1 Å². The maximum atomic E-state index is 5.93. The second-order valence-corrected chi connectivity index (χ2v) is 5.28. The first-order valence-electron chi connectivity index (χ1n) is 5.52. The van der Waals surface area contributed by atoms with Crippen LogP contribution in [-0.2, 0) is 4.74 Å². The summed E-state index contributed by atoms with van der Waals surface area (Å²) in [4.78, 5) is 0. The summed E-state index contributed by atoms with van der Waals surface area (Å²) in [6.07, 6.45) is 0. The van der Waals surface area contributed by atoms with E-state index in [2.05, 4.69) is 33.0 Å². The highest BCUT2D eigenvalue weighted by Gasteiger charge is 2.09. The van der Waals surface area contributed by atoms with E-state index in [1.54, 1.807) is 0 Å². The Morgan fingerprint density at radius 1 is 1.31 bits per heavy atom. The third-order valence-electron chi connectivity index (χ3n) is 2.15. The van der Waals surface area contributed by atoms with E-state index in [1.807, 2.05) is 18.2 Å². The molecule has 0 aliphatic rings. The van der Waals surface area contributed by atoms with Gasteiger partial charge in [-0.15, -0.1) is 0 Å². The van der Waals surface area contributed by atoms with Crippen LogP contribution in [0.3, 0.4) is 0 Å². The third kappa shape index (κ3) is 4.86. The highest BCUT2D eigenvalue weighted by Crippen LogP contribution is 2.19. The number of hydrogen-bond acceptors (Lipinski definition) is 2. The molecule has 90 valence electrons.